The van der Waals surface area contributed by atoms with Gasteiger partial charge < -0.3 is 5.73 Å². The molecule has 0 radical (unpaired) electrons. The van der Waals surface area contributed by atoms with E-state index in [0.29, 0.717) is 6.54 Å². The summed E-state index contributed by atoms with van der Waals surface area (Å²) in [6.45, 7) is 0.475. The van der Waals surface area contributed by atoms with E-state index in [0.717, 1.165) is 10.0 Å². The van der Waals surface area contributed by atoms with Gasteiger partial charge in [-0.1, -0.05) is 23.5 Å². The smallest absolute Gasteiger partial charge is 0.147 e. The topological polar surface area (TPSA) is 51.8 Å². The fraction of sp³-hybridized carbons (Fsp3) is 0.333. The molecule has 0 saturated carbocycles. The lowest BCUT2D eigenvalue weighted by molar-refractivity contribution is 0.912. The number of hydrogen-bond acceptors (Lipinski definition) is 4. The molecule has 0 amide bonds. The van der Waals surface area contributed by atoms with Crippen LogP contribution >= 0.6 is 11.3 Å². The standard InChI is InChI=1S/C12H13N3S/c13-7-11-14-15-12(16-11)10-5-4-8-2-1-3-9(8)6-10/h4-6H,1-3,7,13H2. The van der Waals surface area contributed by atoms with Crippen LogP contribution in [0.3, 0.4) is 0 Å². The van der Waals surface area contributed by atoms with Crippen LogP contribution in [0.15, 0.2) is 18.2 Å². The second-order valence-electron chi connectivity index (χ2n) is 4.04. The number of nitrogens with zero attached hydrogens (tertiary/aromatic N) is 2. The summed E-state index contributed by atoms with van der Waals surface area (Å²) in [5, 5.41) is 10.1. The van der Waals surface area contributed by atoms with Gasteiger partial charge in [0.15, 0.2) is 0 Å². The highest BCUT2D eigenvalue weighted by Gasteiger charge is 2.13. The Bertz CT molecular complexity index is 519. The van der Waals surface area contributed by atoms with Crippen molar-refractivity contribution in [2.24, 2.45) is 5.73 Å². The minimum absolute atomic E-state index is 0.475. The Morgan fingerprint density at radius 2 is 2.06 bits per heavy atom. The van der Waals surface area contributed by atoms with Crippen LogP contribution in [0.5, 0.6) is 0 Å². The molecule has 1 aromatic heterocycles. The van der Waals surface area contributed by atoms with Crippen LogP contribution in [-0.2, 0) is 19.4 Å². The average molecular weight is 231 g/mol. The fourth-order valence-electron chi connectivity index (χ4n) is 2.16. The lowest BCUT2D eigenvalue weighted by atomic mass is 10.1. The minimum atomic E-state index is 0.475. The van der Waals surface area contributed by atoms with E-state index >= 15 is 0 Å². The normalized spacial score (nSPS) is 14.1. The van der Waals surface area contributed by atoms with Gasteiger partial charge in [-0.15, -0.1) is 10.2 Å². The molecule has 1 heterocycles. The number of benzene rings is 1. The van der Waals surface area contributed by atoms with E-state index in [1.165, 1.54) is 36.0 Å². The Morgan fingerprint density at radius 1 is 1.19 bits per heavy atom. The highest BCUT2D eigenvalue weighted by Crippen LogP contribution is 2.29. The fourth-order valence-corrected chi connectivity index (χ4v) is 2.87. The van der Waals surface area contributed by atoms with Gasteiger partial charge in [0, 0.05) is 12.1 Å². The number of hydrogen-bond donors (Lipinski definition) is 1. The zero-order valence-corrected chi connectivity index (χ0v) is 9.76. The SMILES string of the molecule is NCc1nnc(-c2ccc3c(c2)CCC3)s1. The molecule has 2 aromatic rings. The van der Waals surface area contributed by atoms with Crippen LogP contribution in [0.25, 0.3) is 10.6 Å². The summed E-state index contributed by atoms with van der Waals surface area (Å²) < 4.78 is 0. The average Bonchev–Trinajstić information content (AvgIpc) is 2.96. The minimum Gasteiger partial charge on any atom is -0.324 e. The highest BCUT2D eigenvalue weighted by molar-refractivity contribution is 7.14. The molecule has 16 heavy (non-hydrogen) atoms. The number of aryl methyl sites for hydroxylation is 2. The predicted octanol–water partition coefficient (Wildman–Crippen LogP) is 2.15. The van der Waals surface area contributed by atoms with E-state index in [1.807, 2.05) is 0 Å². The van der Waals surface area contributed by atoms with E-state index in [2.05, 4.69) is 28.4 Å². The first-order valence-electron chi connectivity index (χ1n) is 5.51. The molecule has 0 aliphatic heterocycles. The zero-order chi connectivity index (χ0) is 11.0. The summed E-state index contributed by atoms with van der Waals surface area (Å²) in [6, 6.07) is 6.62. The summed E-state index contributed by atoms with van der Waals surface area (Å²) >= 11 is 1.58. The van der Waals surface area contributed by atoms with Crippen molar-refractivity contribution in [2.75, 3.05) is 0 Å². The van der Waals surface area contributed by atoms with Crippen LogP contribution in [0, 0.1) is 0 Å². The first kappa shape index (κ1) is 9.93. The second kappa shape index (κ2) is 3.96. The third-order valence-electron chi connectivity index (χ3n) is 2.99. The van der Waals surface area contributed by atoms with Gasteiger partial charge in [0.1, 0.15) is 10.0 Å². The predicted molar refractivity (Wildman–Crippen MR) is 65.3 cm³/mol. The van der Waals surface area contributed by atoms with Crippen molar-refractivity contribution >= 4 is 11.3 Å². The largest absolute Gasteiger partial charge is 0.324 e. The number of nitrogens with two attached hydrogens (primary N) is 1. The molecule has 0 atom stereocenters. The van der Waals surface area contributed by atoms with Crippen LogP contribution in [0.4, 0.5) is 0 Å². The van der Waals surface area contributed by atoms with Gasteiger partial charge >= 0.3 is 0 Å². The molecular formula is C12H13N3S. The Kier molecular flexibility index (Phi) is 2.46. The lowest BCUT2D eigenvalue weighted by Crippen LogP contribution is -1.94. The molecule has 0 saturated heterocycles. The Balaban J connectivity index is 2.00. The summed E-state index contributed by atoms with van der Waals surface area (Å²) in [5.74, 6) is 0. The highest BCUT2D eigenvalue weighted by atomic mass is 32.1. The van der Waals surface area contributed by atoms with Gasteiger partial charge in [-0.3, -0.25) is 0 Å². The van der Waals surface area contributed by atoms with Crippen molar-refractivity contribution in [3.63, 3.8) is 0 Å². The maximum atomic E-state index is 5.54. The van der Waals surface area contributed by atoms with Crippen LogP contribution in [-0.4, -0.2) is 10.2 Å². The quantitative estimate of drug-likeness (QED) is 0.861. The summed E-state index contributed by atoms with van der Waals surface area (Å²) in [4.78, 5) is 0. The molecule has 0 spiro atoms. The van der Waals surface area contributed by atoms with Crippen molar-refractivity contribution in [1.82, 2.24) is 10.2 Å². The van der Waals surface area contributed by atoms with Crippen molar-refractivity contribution in [3.05, 3.63) is 34.3 Å². The van der Waals surface area contributed by atoms with Gasteiger partial charge in [-0.2, -0.15) is 0 Å². The Labute approximate surface area is 98.3 Å². The van der Waals surface area contributed by atoms with Crippen LogP contribution < -0.4 is 5.73 Å². The van der Waals surface area contributed by atoms with E-state index in [1.54, 1.807) is 11.3 Å². The monoisotopic (exact) mass is 231 g/mol. The number of fused-ring (bicyclic) bond motifs is 1. The molecule has 0 unspecified atom stereocenters. The molecule has 1 aromatic carbocycles. The van der Waals surface area contributed by atoms with Crippen LogP contribution in [0.1, 0.15) is 22.6 Å². The zero-order valence-electron chi connectivity index (χ0n) is 8.94. The van der Waals surface area contributed by atoms with Crippen molar-refractivity contribution in [1.29, 1.82) is 0 Å². The van der Waals surface area contributed by atoms with Gasteiger partial charge in [-0.25, -0.2) is 0 Å². The first-order chi connectivity index (χ1) is 7.86. The summed E-state index contributed by atoms with van der Waals surface area (Å²) in [7, 11) is 0. The Morgan fingerprint density at radius 3 is 2.88 bits per heavy atom. The lowest BCUT2D eigenvalue weighted by Gasteiger charge is -2.00. The molecule has 3 nitrogen and oxygen atoms in total. The molecule has 1 aliphatic carbocycles. The molecular weight excluding hydrogens is 218 g/mol. The van der Waals surface area contributed by atoms with E-state index < -0.39 is 0 Å². The van der Waals surface area contributed by atoms with Gasteiger partial charge in [0.2, 0.25) is 0 Å². The molecule has 0 fully saturated rings. The van der Waals surface area contributed by atoms with Crippen LogP contribution in [0.2, 0.25) is 0 Å². The van der Waals surface area contributed by atoms with Crippen molar-refractivity contribution in [2.45, 2.75) is 25.8 Å². The molecule has 4 heteroatoms. The second-order valence-corrected chi connectivity index (χ2v) is 5.10. The Hall–Kier alpha value is -1.26. The maximum Gasteiger partial charge on any atom is 0.147 e. The molecule has 0 bridgehead atoms. The molecule has 2 N–H and O–H groups in total. The summed E-state index contributed by atoms with van der Waals surface area (Å²) in [6.07, 6.45) is 3.70. The summed E-state index contributed by atoms with van der Waals surface area (Å²) in [5.41, 5.74) is 9.68. The number of aromatic nitrogens is 2. The van der Waals surface area contributed by atoms with Gasteiger partial charge in [0.05, 0.1) is 0 Å². The first-order valence-corrected chi connectivity index (χ1v) is 6.33. The van der Waals surface area contributed by atoms with E-state index in [4.69, 9.17) is 5.73 Å². The van der Waals surface area contributed by atoms with Crippen molar-refractivity contribution < 1.29 is 0 Å². The van der Waals surface area contributed by atoms with Crippen molar-refractivity contribution in [3.8, 4) is 10.6 Å². The van der Waals surface area contributed by atoms with Gasteiger partial charge in [-0.05, 0) is 36.5 Å². The maximum absolute atomic E-state index is 5.54. The number of rotatable bonds is 2. The van der Waals surface area contributed by atoms with E-state index in [9.17, 15) is 0 Å². The molecule has 82 valence electrons. The molecule has 3 rings (SSSR count). The third-order valence-corrected chi connectivity index (χ3v) is 3.98. The third kappa shape index (κ3) is 1.64. The molecule has 1 aliphatic rings. The van der Waals surface area contributed by atoms with E-state index in [-0.39, 0.29) is 0 Å². The van der Waals surface area contributed by atoms with Gasteiger partial charge in [0.25, 0.3) is 0 Å².